The van der Waals surface area contributed by atoms with Crippen molar-refractivity contribution in [1.82, 2.24) is 29.7 Å². The molecule has 2 aromatic heterocycles. The van der Waals surface area contributed by atoms with Crippen LogP contribution in [0.15, 0.2) is 61.0 Å². The Morgan fingerprint density at radius 1 is 1.06 bits per heavy atom. The van der Waals surface area contributed by atoms with Crippen molar-refractivity contribution in [3.05, 3.63) is 78.2 Å². The molecule has 0 saturated carbocycles. The second kappa shape index (κ2) is 13.5. The summed E-state index contributed by atoms with van der Waals surface area (Å²) in [5.74, 6) is 3.47. The number of likely N-dealkylation sites (tertiary alicyclic amines) is 2. The second-order valence-electron chi connectivity index (χ2n) is 14.9. The van der Waals surface area contributed by atoms with E-state index in [9.17, 15) is 9.59 Å². The number of ether oxygens (including phenoxy) is 2. The SMILES string of the molecule is C=C(OC)[C@H]1C[C@@H](c2nc3c(ccc4cc5c(cc43)OCc3cc(-c4cnc([C@@H]6CC[C@H](C)N6C(=O)CCC)[nH]4)ccc3-5)[nH]2)N(C(=O)[C@@H](C)CC)C1. The molecule has 5 aromatic rings. The van der Waals surface area contributed by atoms with E-state index in [1.165, 1.54) is 0 Å². The summed E-state index contributed by atoms with van der Waals surface area (Å²) < 4.78 is 11.9. The van der Waals surface area contributed by atoms with Crippen LogP contribution in [0.1, 0.15) is 95.5 Å². The molecule has 270 valence electrons. The van der Waals surface area contributed by atoms with Gasteiger partial charge in [-0.05, 0) is 85.4 Å². The number of fused-ring (bicyclic) bond motifs is 6. The van der Waals surface area contributed by atoms with Gasteiger partial charge in [-0.15, -0.1) is 0 Å². The van der Waals surface area contributed by atoms with Gasteiger partial charge in [-0.25, -0.2) is 9.97 Å². The highest BCUT2D eigenvalue weighted by Crippen LogP contribution is 2.44. The normalized spacial score (nSPS) is 21.6. The number of benzene rings is 3. The average Bonchev–Trinajstić information content (AvgIpc) is 3.98. The van der Waals surface area contributed by atoms with Gasteiger partial charge in [0.2, 0.25) is 11.8 Å². The number of carbonyl (C=O) groups is 2. The molecule has 0 radical (unpaired) electrons. The van der Waals surface area contributed by atoms with Gasteiger partial charge in [0, 0.05) is 41.8 Å². The summed E-state index contributed by atoms with van der Waals surface area (Å²) >= 11 is 0. The Hall–Kier alpha value is -5.12. The van der Waals surface area contributed by atoms with Gasteiger partial charge in [-0.3, -0.25) is 9.59 Å². The molecule has 3 aliphatic heterocycles. The van der Waals surface area contributed by atoms with E-state index in [2.05, 4.69) is 65.9 Å². The number of hydrogen-bond acceptors (Lipinski definition) is 6. The number of carbonyl (C=O) groups excluding carboxylic acids is 2. The highest BCUT2D eigenvalue weighted by Gasteiger charge is 2.41. The maximum absolute atomic E-state index is 13.5. The van der Waals surface area contributed by atoms with Gasteiger partial charge in [0.25, 0.3) is 0 Å². The fourth-order valence-electron chi connectivity index (χ4n) is 8.50. The summed E-state index contributed by atoms with van der Waals surface area (Å²) in [5.41, 5.74) is 7.07. The van der Waals surface area contributed by atoms with Crippen molar-refractivity contribution < 1.29 is 19.1 Å². The molecule has 0 unspecified atom stereocenters. The zero-order valence-electron chi connectivity index (χ0n) is 30.8. The molecular formula is C42H48N6O4. The van der Waals surface area contributed by atoms with Gasteiger partial charge in [0.05, 0.1) is 47.9 Å². The van der Waals surface area contributed by atoms with Crippen molar-refractivity contribution in [2.24, 2.45) is 11.8 Å². The number of nitrogens with zero attached hydrogens (tertiary/aromatic N) is 4. The molecule has 52 heavy (non-hydrogen) atoms. The lowest BCUT2D eigenvalue weighted by Gasteiger charge is -2.27. The van der Waals surface area contributed by atoms with Gasteiger partial charge in [0.15, 0.2) is 0 Å². The molecule has 10 nitrogen and oxygen atoms in total. The van der Waals surface area contributed by atoms with Crippen molar-refractivity contribution in [1.29, 1.82) is 0 Å². The first-order valence-electron chi connectivity index (χ1n) is 18.8. The molecule has 5 heterocycles. The van der Waals surface area contributed by atoms with Gasteiger partial charge >= 0.3 is 0 Å². The second-order valence-corrected chi connectivity index (χ2v) is 14.9. The third kappa shape index (κ3) is 5.72. The van der Waals surface area contributed by atoms with E-state index >= 15 is 0 Å². The minimum Gasteiger partial charge on any atom is -0.501 e. The topological polar surface area (TPSA) is 116 Å². The molecule has 3 aromatic carbocycles. The first kappa shape index (κ1) is 34.0. The van der Waals surface area contributed by atoms with E-state index in [0.717, 1.165) is 92.8 Å². The lowest BCUT2D eigenvalue weighted by molar-refractivity contribution is -0.136. The number of methoxy groups -OCH3 is 1. The molecular weight excluding hydrogens is 652 g/mol. The van der Waals surface area contributed by atoms with Gasteiger partial charge in [-0.1, -0.05) is 45.5 Å². The Labute approximate surface area is 304 Å². The maximum Gasteiger partial charge on any atom is 0.226 e. The van der Waals surface area contributed by atoms with Crippen LogP contribution in [0.4, 0.5) is 0 Å². The zero-order valence-corrected chi connectivity index (χ0v) is 30.8. The van der Waals surface area contributed by atoms with Crippen molar-refractivity contribution in [2.45, 2.75) is 91.0 Å². The molecule has 0 aliphatic carbocycles. The maximum atomic E-state index is 13.5. The van der Waals surface area contributed by atoms with Crippen LogP contribution in [0.25, 0.3) is 44.2 Å². The van der Waals surface area contributed by atoms with E-state index in [1.54, 1.807) is 7.11 Å². The molecule has 0 bridgehead atoms. The van der Waals surface area contributed by atoms with Gasteiger partial charge < -0.3 is 29.2 Å². The molecule has 5 atom stereocenters. The Morgan fingerprint density at radius 2 is 1.90 bits per heavy atom. The van der Waals surface area contributed by atoms with Crippen LogP contribution in [0.5, 0.6) is 5.75 Å². The monoisotopic (exact) mass is 700 g/mol. The van der Waals surface area contributed by atoms with Crippen LogP contribution in [-0.4, -0.2) is 61.2 Å². The first-order valence-corrected chi connectivity index (χ1v) is 18.8. The van der Waals surface area contributed by atoms with Crippen molar-refractivity contribution in [3.8, 4) is 28.1 Å². The van der Waals surface area contributed by atoms with E-state index in [4.69, 9.17) is 19.4 Å². The van der Waals surface area contributed by atoms with E-state index in [1.807, 2.05) is 36.8 Å². The predicted molar refractivity (Wildman–Crippen MR) is 202 cm³/mol. The number of aromatic nitrogens is 4. The lowest BCUT2D eigenvalue weighted by Crippen LogP contribution is -2.35. The summed E-state index contributed by atoms with van der Waals surface area (Å²) in [6.45, 7) is 13.3. The minimum atomic E-state index is -0.189. The number of hydrogen-bond donors (Lipinski definition) is 2. The summed E-state index contributed by atoms with van der Waals surface area (Å²) in [6.07, 6.45) is 6.69. The lowest BCUT2D eigenvalue weighted by atomic mass is 9.92. The molecule has 2 amide bonds. The minimum absolute atomic E-state index is 0.0158. The van der Waals surface area contributed by atoms with Crippen molar-refractivity contribution in [2.75, 3.05) is 13.7 Å². The van der Waals surface area contributed by atoms with E-state index in [0.29, 0.717) is 31.8 Å². The number of nitrogens with one attached hydrogen (secondary N) is 2. The molecule has 2 N–H and O–H groups in total. The fourth-order valence-corrected chi connectivity index (χ4v) is 8.50. The quantitative estimate of drug-likeness (QED) is 0.149. The van der Waals surface area contributed by atoms with Crippen LogP contribution >= 0.6 is 0 Å². The van der Waals surface area contributed by atoms with Gasteiger partial charge in [-0.2, -0.15) is 0 Å². The van der Waals surface area contributed by atoms with E-state index in [-0.39, 0.29) is 41.8 Å². The van der Waals surface area contributed by atoms with Crippen LogP contribution in [0.2, 0.25) is 0 Å². The number of aromatic amines is 2. The molecule has 0 spiro atoms. The number of imidazole rings is 2. The molecule has 2 saturated heterocycles. The Kier molecular flexibility index (Phi) is 8.79. The fraction of sp³-hybridized carbons (Fsp3) is 0.429. The Morgan fingerprint density at radius 3 is 2.69 bits per heavy atom. The number of H-pyrrole nitrogens is 2. The standard InChI is InChI=1S/C42H48N6O4/c1-7-9-38(49)48-24(4)10-15-35(48)40-43-20-34(45-40)27-11-13-30-29(16-27)22-52-37-19-31-26(17-32(30)37)12-14-33-39(31)46-41(44-33)36-18-28(25(5)51-6)21-47(36)42(50)23(3)8-2/h11-14,16-17,19-20,23-24,28,35-36H,5,7-10,15,18,21-22H2,1-4,6H3,(H,43,45)(H,44,46)/t23-,24-,28-,35-,36-/m0/s1. The van der Waals surface area contributed by atoms with E-state index < -0.39 is 0 Å². The van der Waals surface area contributed by atoms with Crippen molar-refractivity contribution in [3.63, 3.8) is 0 Å². The number of amides is 2. The highest BCUT2D eigenvalue weighted by atomic mass is 16.5. The Balaban J connectivity index is 1.09. The number of rotatable bonds is 9. The summed E-state index contributed by atoms with van der Waals surface area (Å²) in [7, 11) is 1.64. The van der Waals surface area contributed by atoms with Crippen LogP contribution in [0, 0.1) is 11.8 Å². The van der Waals surface area contributed by atoms with Gasteiger partial charge in [0.1, 0.15) is 24.0 Å². The zero-order chi connectivity index (χ0) is 36.3. The molecule has 10 heteroatoms. The van der Waals surface area contributed by atoms with Crippen molar-refractivity contribution >= 4 is 33.6 Å². The van der Waals surface area contributed by atoms with Crippen LogP contribution < -0.4 is 4.74 Å². The Bertz CT molecular complexity index is 2200. The highest BCUT2D eigenvalue weighted by molar-refractivity contribution is 6.07. The summed E-state index contributed by atoms with van der Waals surface area (Å²) in [4.78, 5) is 47.4. The average molecular weight is 701 g/mol. The largest absolute Gasteiger partial charge is 0.501 e. The predicted octanol–water partition coefficient (Wildman–Crippen LogP) is 8.61. The summed E-state index contributed by atoms with van der Waals surface area (Å²) in [6, 6.07) is 15.0. The molecule has 8 rings (SSSR count). The third-order valence-electron chi connectivity index (χ3n) is 11.7. The first-order chi connectivity index (χ1) is 25.2. The van der Waals surface area contributed by atoms with Crippen LogP contribution in [0.3, 0.4) is 0 Å². The third-order valence-corrected chi connectivity index (χ3v) is 11.7. The molecule has 2 fully saturated rings. The molecule has 3 aliphatic rings. The van der Waals surface area contributed by atoms with Crippen LogP contribution in [-0.2, 0) is 20.9 Å². The summed E-state index contributed by atoms with van der Waals surface area (Å²) in [5, 5.41) is 2.08. The smallest absolute Gasteiger partial charge is 0.226 e.